The Morgan fingerprint density at radius 2 is 2.08 bits per heavy atom. The molecule has 1 unspecified atom stereocenters. The van der Waals surface area contributed by atoms with E-state index in [9.17, 15) is 4.79 Å². The lowest BCUT2D eigenvalue weighted by Gasteiger charge is -2.34. The molecule has 1 aliphatic heterocycles. The fourth-order valence-electron chi connectivity index (χ4n) is 2.45. The quantitative estimate of drug-likeness (QED) is 0.401. The normalized spacial score (nSPS) is 17.8. The van der Waals surface area contributed by atoms with Gasteiger partial charge in [-0.1, -0.05) is 25.1 Å². The standard InChI is InChI=1S/C17H26N4OS.HI/c1-3-15-13-21(10-11-23-15)17(18-4-2)19-12-16(22)20-14-8-6-5-7-9-14;/h5-9,15H,3-4,10-13H2,1-2H3,(H,18,19)(H,20,22);1H. The van der Waals surface area contributed by atoms with Crippen LogP contribution in [0.4, 0.5) is 5.69 Å². The van der Waals surface area contributed by atoms with E-state index < -0.39 is 0 Å². The predicted molar refractivity (Wildman–Crippen MR) is 115 cm³/mol. The Balaban J connectivity index is 0.00000288. The number of hydrogen-bond acceptors (Lipinski definition) is 3. The maximum atomic E-state index is 12.1. The molecule has 24 heavy (non-hydrogen) atoms. The van der Waals surface area contributed by atoms with Gasteiger partial charge in [-0.3, -0.25) is 4.79 Å². The number of thioether (sulfide) groups is 1. The number of aliphatic imine (C=N–C) groups is 1. The predicted octanol–water partition coefficient (Wildman–Crippen LogP) is 3.04. The number of para-hydroxylation sites is 1. The Hall–Kier alpha value is -0.960. The summed E-state index contributed by atoms with van der Waals surface area (Å²) in [6.45, 7) is 7.19. The van der Waals surface area contributed by atoms with E-state index in [1.54, 1.807) is 0 Å². The first-order valence-corrected chi connectivity index (χ1v) is 9.27. The average Bonchev–Trinajstić information content (AvgIpc) is 2.59. The van der Waals surface area contributed by atoms with Crippen LogP contribution in [0.2, 0.25) is 0 Å². The van der Waals surface area contributed by atoms with Crippen LogP contribution < -0.4 is 10.6 Å². The van der Waals surface area contributed by atoms with Gasteiger partial charge in [-0.25, -0.2) is 4.99 Å². The summed E-state index contributed by atoms with van der Waals surface area (Å²) in [6.07, 6.45) is 1.16. The van der Waals surface area contributed by atoms with Crippen LogP contribution in [0.5, 0.6) is 0 Å². The number of carbonyl (C=O) groups is 1. The van der Waals surface area contributed by atoms with Crippen LogP contribution in [0.1, 0.15) is 20.3 Å². The molecule has 134 valence electrons. The van der Waals surface area contributed by atoms with Gasteiger partial charge in [0.05, 0.1) is 0 Å². The SMILES string of the molecule is CCNC(=NCC(=O)Nc1ccccc1)N1CCSC(CC)C1.I. The highest BCUT2D eigenvalue weighted by atomic mass is 127. The van der Waals surface area contributed by atoms with Crippen LogP contribution in [-0.4, -0.2) is 53.9 Å². The highest BCUT2D eigenvalue weighted by Crippen LogP contribution is 2.21. The van der Waals surface area contributed by atoms with Gasteiger partial charge in [0.1, 0.15) is 6.54 Å². The third-order valence-corrected chi connectivity index (χ3v) is 5.03. The number of halogens is 1. The second-order valence-electron chi connectivity index (χ2n) is 5.43. The lowest BCUT2D eigenvalue weighted by Crippen LogP contribution is -2.48. The topological polar surface area (TPSA) is 56.7 Å². The molecule has 1 atom stereocenters. The van der Waals surface area contributed by atoms with E-state index in [1.165, 1.54) is 0 Å². The minimum absolute atomic E-state index is 0. The molecule has 0 spiro atoms. The zero-order valence-electron chi connectivity index (χ0n) is 14.3. The number of carbonyl (C=O) groups excluding carboxylic acids is 1. The van der Waals surface area contributed by atoms with Crippen molar-refractivity contribution in [3.05, 3.63) is 30.3 Å². The molecule has 1 amide bonds. The molecule has 1 aromatic carbocycles. The van der Waals surface area contributed by atoms with Crippen molar-refractivity contribution >= 4 is 53.3 Å². The molecule has 7 heteroatoms. The van der Waals surface area contributed by atoms with E-state index in [0.29, 0.717) is 5.25 Å². The van der Waals surface area contributed by atoms with Crippen molar-refractivity contribution in [1.29, 1.82) is 0 Å². The van der Waals surface area contributed by atoms with E-state index >= 15 is 0 Å². The summed E-state index contributed by atoms with van der Waals surface area (Å²) in [5.74, 6) is 1.86. The molecule has 0 bridgehead atoms. The number of rotatable bonds is 5. The highest BCUT2D eigenvalue weighted by Gasteiger charge is 2.21. The first-order chi connectivity index (χ1) is 11.2. The van der Waals surface area contributed by atoms with Crippen LogP contribution in [-0.2, 0) is 4.79 Å². The minimum atomic E-state index is -0.0926. The monoisotopic (exact) mass is 462 g/mol. The molecule has 5 nitrogen and oxygen atoms in total. The average molecular weight is 462 g/mol. The lowest BCUT2D eigenvalue weighted by molar-refractivity contribution is -0.114. The van der Waals surface area contributed by atoms with Gasteiger partial charge in [0.2, 0.25) is 5.91 Å². The molecule has 0 aromatic heterocycles. The smallest absolute Gasteiger partial charge is 0.246 e. The zero-order valence-corrected chi connectivity index (χ0v) is 17.5. The van der Waals surface area contributed by atoms with E-state index in [0.717, 1.165) is 43.5 Å². The Morgan fingerprint density at radius 1 is 1.33 bits per heavy atom. The molecule has 1 fully saturated rings. The van der Waals surface area contributed by atoms with Crippen molar-refractivity contribution in [1.82, 2.24) is 10.2 Å². The van der Waals surface area contributed by atoms with Crippen molar-refractivity contribution in [2.75, 3.05) is 37.2 Å². The number of guanidine groups is 1. The first-order valence-electron chi connectivity index (χ1n) is 8.22. The molecule has 1 aromatic rings. The fourth-order valence-corrected chi connectivity index (χ4v) is 3.63. The van der Waals surface area contributed by atoms with E-state index in [-0.39, 0.29) is 36.4 Å². The zero-order chi connectivity index (χ0) is 16.5. The maximum absolute atomic E-state index is 12.1. The summed E-state index contributed by atoms with van der Waals surface area (Å²) in [7, 11) is 0. The summed E-state index contributed by atoms with van der Waals surface area (Å²) in [5, 5.41) is 6.81. The second-order valence-corrected chi connectivity index (χ2v) is 6.84. The van der Waals surface area contributed by atoms with Crippen LogP contribution in [0, 0.1) is 0 Å². The maximum Gasteiger partial charge on any atom is 0.246 e. The minimum Gasteiger partial charge on any atom is -0.357 e. The summed E-state index contributed by atoms with van der Waals surface area (Å²) in [4.78, 5) is 18.8. The number of benzene rings is 1. The van der Waals surface area contributed by atoms with Crippen LogP contribution in [0.15, 0.2) is 35.3 Å². The third-order valence-electron chi connectivity index (χ3n) is 3.66. The van der Waals surface area contributed by atoms with Crippen LogP contribution >= 0.6 is 35.7 Å². The van der Waals surface area contributed by atoms with E-state index in [1.807, 2.05) is 42.1 Å². The van der Waals surface area contributed by atoms with Gasteiger partial charge in [-0.15, -0.1) is 24.0 Å². The lowest BCUT2D eigenvalue weighted by atomic mass is 10.3. The van der Waals surface area contributed by atoms with E-state index in [4.69, 9.17) is 0 Å². The summed E-state index contributed by atoms with van der Waals surface area (Å²) in [6, 6.07) is 9.48. The number of hydrogen-bond donors (Lipinski definition) is 2. The third kappa shape index (κ3) is 6.88. The summed E-state index contributed by atoms with van der Waals surface area (Å²) in [5.41, 5.74) is 0.804. The molecular weight excluding hydrogens is 435 g/mol. The highest BCUT2D eigenvalue weighted by molar-refractivity contribution is 14.0. The first kappa shape index (κ1) is 21.1. The van der Waals surface area contributed by atoms with Crippen LogP contribution in [0.25, 0.3) is 0 Å². The summed E-state index contributed by atoms with van der Waals surface area (Å²) >= 11 is 2.02. The summed E-state index contributed by atoms with van der Waals surface area (Å²) < 4.78 is 0. The van der Waals surface area contributed by atoms with Gasteiger partial charge >= 0.3 is 0 Å². The number of nitrogens with one attached hydrogen (secondary N) is 2. The second kappa shape index (κ2) is 11.6. The molecule has 1 saturated heterocycles. The Labute approximate surface area is 166 Å². The van der Waals surface area contributed by atoms with Crippen molar-refractivity contribution in [3.63, 3.8) is 0 Å². The molecular formula is C17H27IN4OS. The van der Waals surface area contributed by atoms with Gasteiger partial charge < -0.3 is 15.5 Å². The fraction of sp³-hybridized carbons (Fsp3) is 0.529. The van der Waals surface area contributed by atoms with Gasteiger partial charge in [-0.05, 0) is 25.5 Å². The van der Waals surface area contributed by atoms with Crippen molar-refractivity contribution in [2.24, 2.45) is 4.99 Å². The molecule has 0 saturated carbocycles. The number of anilines is 1. The molecule has 2 N–H and O–H groups in total. The molecule has 0 radical (unpaired) electrons. The van der Waals surface area contributed by atoms with Gasteiger partial charge in [-0.2, -0.15) is 11.8 Å². The van der Waals surface area contributed by atoms with Crippen LogP contribution in [0.3, 0.4) is 0 Å². The van der Waals surface area contributed by atoms with Gasteiger partial charge in [0.15, 0.2) is 5.96 Å². The number of nitrogens with zero attached hydrogens (tertiary/aromatic N) is 2. The van der Waals surface area contributed by atoms with Gasteiger partial charge in [0.25, 0.3) is 0 Å². The Morgan fingerprint density at radius 3 is 2.75 bits per heavy atom. The Bertz CT molecular complexity index is 527. The molecule has 1 aliphatic rings. The van der Waals surface area contributed by atoms with Crippen molar-refractivity contribution in [3.8, 4) is 0 Å². The largest absolute Gasteiger partial charge is 0.357 e. The van der Waals surface area contributed by atoms with Gasteiger partial charge in [0, 0.05) is 36.3 Å². The van der Waals surface area contributed by atoms with Crippen molar-refractivity contribution < 1.29 is 4.79 Å². The number of amides is 1. The molecule has 0 aliphatic carbocycles. The molecule has 2 rings (SSSR count). The molecule has 1 heterocycles. The Kier molecular flexibility index (Phi) is 10.2. The van der Waals surface area contributed by atoms with Crippen molar-refractivity contribution in [2.45, 2.75) is 25.5 Å². The van der Waals surface area contributed by atoms with E-state index in [2.05, 4.69) is 34.4 Å².